The monoisotopic (exact) mass is 321 g/mol. The molecular weight excluding hydrogens is 302 g/mol. The summed E-state index contributed by atoms with van der Waals surface area (Å²) in [4.78, 5) is 24.1. The Morgan fingerprint density at radius 1 is 1.25 bits per heavy atom. The second-order valence-corrected chi connectivity index (χ2v) is 6.27. The molecule has 3 aromatic heterocycles. The molecule has 0 radical (unpaired) electrons. The molecule has 0 bridgehead atoms. The third-order valence-corrected chi connectivity index (χ3v) is 4.53. The van der Waals surface area contributed by atoms with E-state index in [0.717, 1.165) is 59.2 Å². The van der Waals surface area contributed by atoms with Gasteiger partial charge in [-0.1, -0.05) is 0 Å². The van der Waals surface area contributed by atoms with Crippen LogP contribution < -0.4 is 5.56 Å². The first-order valence-electron chi connectivity index (χ1n) is 8.21. The minimum absolute atomic E-state index is 0.00368. The van der Waals surface area contributed by atoms with E-state index in [1.54, 1.807) is 10.9 Å². The van der Waals surface area contributed by atoms with Gasteiger partial charge in [-0.05, 0) is 56.4 Å². The molecule has 0 unspecified atom stereocenters. The van der Waals surface area contributed by atoms with Gasteiger partial charge in [-0.2, -0.15) is 5.10 Å². The lowest BCUT2D eigenvalue weighted by atomic mass is 9.97. The Morgan fingerprint density at radius 2 is 2.08 bits per heavy atom. The Morgan fingerprint density at radius 3 is 2.96 bits per heavy atom. The van der Waals surface area contributed by atoms with E-state index in [9.17, 15) is 4.79 Å². The molecule has 0 aromatic carbocycles. The van der Waals surface area contributed by atoms with Gasteiger partial charge < -0.3 is 4.98 Å². The highest BCUT2D eigenvalue weighted by molar-refractivity contribution is 5.81. The maximum atomic E-state index is 12.2. The normalized spacial score (nSPS) is 14.4. The molecule has 24 heavy (non-hydrogen) atoms. The summed E-state index contributed by atoms with van der Waals surface area (Å²) in [5, 5.41) is 5.41. The van der Waals surface area contributed by atoms with Crippen molar-refractivity contribution in [2.75, 3.05) is 0 Å². The first-order valence-corrected chi connectivity index (χ1v) is 8.21. The Balaban J connectivity index is 1.69. The Kier molecular flexibility index (Phi) is 3.52. The molecule has 122 valence electrons. The summed E-state index contributed by atoms with van der Waals surface area (Å²) in [6, 6.07) is 2.05. The molecule has 3 aromatic rings. The molecule has 0 atom stereocenters. The quantitative estimate of drug-likeness (QED) is 0.786. The number of hydrogen-bond donors (Lipinski definition) is 1. The average Bonchev–Trinajstić information content (AvgIpc) is 2.87. The van der Waals surface area contributed by atoms with Gasteiger partial charge in [0.2, 0.25) is 0 Å². The van der Waals surface area contributed by atoms with Gasteiger partial charge in [0.25, 0.3) is 5.56 Å². The van der Waals surface area contributed by atoms with Crippen molar-refractivity contribution in [3.05, 3.63) is 51.0 Å². The number of rotatable bonds is 2. The van der Waals surface area contributed by atoms with E-state index in [1.165, 1.54) is 0 Å². The molecule has 6 heteroatoms. The van der Waals surface area contributed by atoms with Crippen LogP contribution in [0.2, 0.25) is 0 Å². The number of aromatic amines is 1. The fourth-order valence-corrected chi connectivity index (χ4v) is 3.29. The van der Waals surface area contributed by atoms with Crippen LogP contribution in [0.5, 0.6) is 0 Å². The summed E-state index contributed by atoms with van der Waals surface area (Å²) in [6.45, 7) is 1.97. The van der Waals surface area contributed by atoms with E-state index < -0.39 is 0 Å². The van der Waals surface area contributed by atoms with E-state index in [-0.39, 0.29) is 5.56 Å². The summed E-state index contributed by atoms with van der Waals surface area (Å²) >= 11 is 0. The molecule has 1 aliphatic rings. The van der Waals surface area contributed by atoms with Crippen molar-refractivity contribution in [3.8, 4) is 0 Å². The topological polar surface area (TPSA) is 76.5 Å². The van der Waals surface area contributed by atoms with Crippen LogP contribution in [0.4, 0.5) is 0 Å². The molecule has 0 saturated carbocycles. The second-order valence-electron chi connectivity index (χ2n) is 6.27. The average molecular weight is 321 g/mol. The van der Waals surface area contributed by atoms with Crippen molar-refractivity contribution in [1.82, 2.24) is 24.7 Å². The number of aromatic nitrogens is 5. The van der Waals surface area contributed by atoms with Gasteiger partial charge in [0, 0.05) is 24.2 Å². The molecule has 1 N–H and O–H groups in total. The Labute approximate surface area is 139 Å². The highest BCUT2D eigenvalue weighted by Gasteiger charge is 2.14. The summed E-state index contributed by atoms with van der Waals surface area (Å²) in [5.41, 5.74) is 4.57. The number of pyridine rings is 1. The lowest BCUT2D eigenvalue weighted by molar-refractivity contribution is 0.655. The van der Waals surface area contributed by atoms with Crippen LogP contribution >= 0.6 is 0 Å². The maximum Gasteiger partial charge on any atom is 0.254 e. The number of H-pyrrole nitrogens is 1. The summed E-state index contributed by atoms with van der Waals surface area (Å²) in [5.74, 6) is 0.601. The largest absolute Gasteiger partial charge is 0.307 e. The lowest BCUT2D eigenvalue weighted by Crippen LogP contribution is -2.21. The molecule has 0 aliphatic heterocycles. The zero-order valence-electron chi connectivity index (χ0n) is 13.8. The van der Waals surface area contributed by atoms with E-state index in [0.29, 0.717) is 5.82 Å². The van der Waals surface area contributed by atoms with Crippen molar-refractivity contribution in [3.63, 3.8) is 0 Å². The van der Waals surface area contributed by atoms with Crippen LogP contribution in [0.15, 0.2) is 17.1 Å². The van der Waals surface area contributed by atoms with Crippen molar-refractivity contribution in [2.45, 2.75) is 32.6 Å². The molecule has 1 aliphatic carbocycles. The van der Waals surface area contributed by atoms with Crippen LogP contribution in [0, 0.1) is 6.92 Å². The lowest BCUT2D eigenvalue weighted by Gasteiger charge is -2.13. The van der Waals surface area contributed by atoms with E-state index >= 15 is 0 Å². The predicted molar refractivity (Wildman–Crippen MR) is 93.7 cm³/mol. The molecule has 0 saturated heterocycles. The minimum atomic E-state index is -0.00368. The van der Waals surface area contributed by atoms with E-state index in [1.807, 2.05) is 26.1 Å². The third kappa shape index (κ3) is 2.54. The van der Waals surface area contributed by atoms with E-state index in [4.69, 9.17) is 0 Å². The minimum Gasteiger partial charge on any atom is -0.307 e. The number of nitrogens with one attached hydrogen (secondary N) is 1. The van der Waals surface area contributed by atoms with Crippen LogP contribution in [0.25, 0.3) is 23.2 Å². The first kappa shape index (κ1) is 14.8. The fraction of sp³-hybridized carbons (Fsp3) is 0.333. The van der Waals surface area contributed by atoms with Crippen molar-refractivity contribution < 1.29 is 0 Å². The zero-order chi connectivity index (χ0) is 16.7. The highest BCUT2D eigenvalue weighted by Crippen LogP contribution is 2.18. The van der Waals surface area contributed by atoms with Gasteiger partial charge >= 0.3 is 0 Å². The molecule has 0 amide bonds. The molecule has 3 heterocycles. The van der Waals surface area contributed by atoms with Crippen molar-refractivity contribution in [1.29, 1.82) is 0 Å². The second kappa shape index (κ2) is 5.70. The molecule has 0 fully saturated rings. The third-order valence-electron chi connectivity index (χ3n) is 4.53. The first-order chi connectivity index (χ1) is 11.6. The Bertz CT molecular complexity index is 1010. The smallest absolute Gasteiger partial charge is 0.254 e. The van der Waals surface area contributed by atoms with Gasteiger partial charge in [0.15, 0.2) is 5.65 Å². The van der Waals surface area contributed by atoms with Crippen LogP contribution in [0.1, 0.15) is 41.2 Å². The number of aryl methyl sites for hydroxylation is 3. The highest BCUT2D eigenvalue weighted by atomic mass is 16.1. The SMILES string of the molecule is Cc1nn(C)c2ncc(/C=C/c3nc4c(c(=O)[nH]3)CCCC4)cc12. The van der Waals surface area contributed by atoms with Gasteiger partial charge in [0.05, 0.1) is 11.4 Å². The van der Waals surface area contributed by atoms with Crippen LogP contribution in [-0.4, -0.2) is 24.7 Å². The van der Waals surface area contributed by atoms with Gasteiger partial charge in [-0.15, -0.1) is 0 Å². The van der Waals surface area contributed by atoms with E-state index in [2.05, 4.69) is 26.1 Å². The summed E-state index contributed by atoms with van der Waals surface area (Å²) in [7, 11) is 1.89. The molecule has 6 nitrogen and oxygen atoms in total. The fourth-order valence-electron chi connectivity index (χ4n) is 3.29. The molecule has 0 spiro atoms. The molecular formula is C18H19N5O. The zero-order valence-corrected chi connectivity index (χ0v) is 13.8. The van der Waals surface area contributed by atoms with Gasteiger partial charge in [-0.3, -0.25) is 9.48 Å². The Hall–Kier alpha value is -2.76. The van der Waals surface area contributed by atoms with Gasteiger partial charge in [-0.25, -0.2) is 9.97 Å². The number of fused-ring (bicyclic) bond motifs is 2. The standard InChI is InChI=1S/C18H19N5O/c1-11-14-9-12(10-19-17(14)23(2)22-11)7-8-16-20-15-6-4-3-5-13(15)18(24)21-16/h7-10H,3-6H2,1-2H3,(H,20,21,24)/b8-7+. The van der Waals surface area contributed by atoms with Crippen molar-refractivity contribution in [2.24, 2.45) is 7.05 Å². The predicted octanol–water partition coefficient (Wildman–Crippen LogP) is 2.41. The number of hydrogen-bond acceptors (Lipinski definition) is 4. The van der Waals surface area contributed by atoms with Crippen LogP contribution in [0.3, 0.4) is 0 Å². The summed E-state index contributed by atoms with van der Waals surface area (Å²) < 4.78 is 1.78. The molecule has 4 rings (SSSR count). The maximum absolute atomic E-state index is 12.2. The number of nitrogens with zero attached hydrogens (tertiary/aromatic N) is 4. The van der Waals surface area contributed by atoms with Crippen LogP contribution in [-0.2, 0) is 19.9 Å². The summed E-state index contributed by atoms with van der Waals surface area (Å²) in [6.07, 6.45) is 9.47. The van der Waals surface area contributed by atoms with Crippen molar-refractivity contribution >= 4 is 23.2 Å². The van der Waals surface area contributed by atoms with Gasteiger partial charge in [0.1, 0.15) is 5.82 Å².